The van der Waals surface area contributed by atoms with Crippen molar-refractivity contribution in [2.24, 2.45) is 11.8 Å². The summed E-state index contributed by atoms with van der Waals surface area (Å²) >= 11 is 0. The molecule has 0 radical (unpaired) electrons. The molecule has 2 bridgehead atoms. The molecule has 0 aliphatic carbocycles. The number of benzene rings is 2. The lowest BCUT2D eigenvalue weighted by molar-refractivity contribution is -0.153. The first-order valence-electron chi connectivity index (χ1n) is 15.7. The van der Waals surface area contributed by atoms with Crippen molar-refractivity contribution in [1.29, 1.82) is 0 Å². The number of aliphatic hydroxyl groups is 1. The summed E-state index contributed by atoms with van der Waals surface area (Å²) in [7, 11) is 0. The standard InChI is InChI=1S/C35H45N3O5/c1-6-19-36(20-7-2)31(40)28-29-32(41)38(26(9-4)23-39)30(35(29)18-17-34(28,10-5)43-35)33(42)37(21-8-3)27-16-15-24-13-11-12-14-25(24)22-27/h6,8,11-16,22,26,28-30,39H,1,3,7,9-10,17-21,23H2,2,4-5H3/t26-,28-,29-,30?,34+,35?/m0/s1. The number of rotatable bonds is 13. The Morgan fingerprint density at radius 2 is 1.79 bits per heavy atom. The van der Waals surface area contributed by atoms with Gasteiger partial charge in [0, 0.05) is 25.3 Å². The molecule has 230 valence electrons. The Hall–Kier alpha value is -3.49. The zero-order valence-corrected chi connectivity index (χ0v) is 25.7. The van der Waals surface area contributed by atoms with Gasteiger partial charge in [0.25, 0.3) is 5.91 Å². The minimum Gasteiger partial charge on any atom is -0.394 e. The first kappa shape index (κ1) is 31.0. The summed E-state index contributed by atoms with van der Waals surface area (Å²) in [6.07, 6.45) is 6.25. The molecule has 8 nitrogen and oxygen atoms in total. The lowest BCUT2D eigenvalue weighted by atomic mass is 9.64. The van der Waals surface area contributed by atoms with Crippen LogP contribution in [0.4, 0.5) is 5.69 Å². The number of nitrogens with zero attached hydrogens (tertiary/aromatic N) is 3. The van der Waals surface area contributed by atoms with E-state index in [0.29, 0.717) is 44.5 Å². The van der Waals surface area contributed by atoms with Crippen molar-refractivity contribution in [2.45, 2.75) is 76.2 Å². The summed E-state index contributed by atoms with van der Waals surface area (Å²) < 4.78 is 6.98. The van der Waals surface area contributed by atoms with Gasteiger partial charge in [0.1, 0.15) is 11.6 Å². The molecule has 3 amide bonds. The van der Waals surface area contributed by atoms with E-state index in [9.17, 15) is 19.5 Å². The summed E-state index contributed by atoms with van der Waals surface area (Å²) in [5.41, 5.74) is -1.31. The average Bonchev–Trinajstić information content (AvgIpc) is 3.63. The number of hydrogen-bond donors (Lipinski definition) is 1. The van der Waals surface area contributed by atoms with Crippen molar-refractivity contribution < 1.29 is 24.2 Å². The molecule has 0 saturated carbocycles. The molecule has 5 rings (SSSR count). The second kappa shape index (κ2) is 12.2. The van der Waals surface area contributed by atoms with E-state index in [1.54, 1.807) is 26.9 Å². The molecule has 3 aliphatic rings. The van der Waals surface area contributed by atoms with Gasteiger partial charge in [-0.3, -0.25) is 14.4 Å². The van der Waals surface area contributed by atoms with E-state index in [-0.39, 0.29) is 30.9 Å². The molecule has 3 fully saturated rings. The lowest BCUT2D eigenvalue weighted by Crippen LogP contribution is -2.59. The molecule has 8 heteroatoms. The SMILES string of the molecule is C=CCN(CCC)C(=O)[C@@H]1[C@H]2C(=O)N([C@@H](CC)CO)C(C(=O)N(CC=C)c3ccc4ccccc4c3)C23CC[C@@]1(CC)O3. The van der Waals surface area contributed by atoms with Crippen LogP contribution in [-0.4, -0.2) is 82.2 Å². The first-order valence-corrected chi connectivity index (χ1v) is 15.7. The van der Waals surface area contributed by atoms with E-state index in [1.165, 1.54) is 0 Å². The largest absolute Gasteiger partial charge is 0.394 e. The van der Waals surface area contributed by atoms with Crippen LogP contribution in [0, 0.1) is 11.8 Å². The average molecular weight is 588 g/mol. The van der Waals surface area contributed by atoms with Crippen LogP contribution in [0.15, 0.2) is 67.8 Å². The fraction of sp³-hybridized carbons (Fsp3) is 0.514. The zero-order chi connectivity index (χ0) is 30.9. The molecule has 2 aromatic rings. The molecule has 2 aromatic carbocycles. The van der Waals surface area contributed by atoms with Crippen LogP contribution >= 0.6 is 0 Å². The van der Waals surface area contributed by atoms with Crippen molar-refractivity contribution in [2.75, 3.05) is 31.1 Å². The van der Waals surface area contributed by atoms with Crippen LogP contribution in [-0.2, 0) is 19.1 Å². The Labute approximate surface area is 255 Å². The number of carbonyl (C=O) groups excluding carboxylic acids is 3. The van der Waals surface area contributed by atoms with Crippen LogP contribution in [0.25, 0.3) is 10.8 Å². The predicted molar refractivity (Wildman–Crippen MR) is 168 cm³/mol. The van der Waals surface area contributed by atoms with Crippen LogP contribution in [0.2, 0.25) is 0 Å². The monoisotopic (exact) mass is 587 g/mol. The third kappa shape index (κ3) is 4.79. The highest BCUT2D eigenvalue weighted by molar-refractivity contribution is 6.06. The van der Waals surface area contributed by atoms with Gasteiger partial charge in [-0.05, 0) is 55.0 Å². The van der Waals surface area contributed by atoms with Crippen LogP contribution in [0.3, 0.4) is 0 Å². The second-order valence-corrected chi connectivity index (χ2v) is 12.2. The molecule has 1 spiro atoms. The van der Waals surface area contributed by atoms with E-state index < -0.39 is 35.1 Å². The Balaban J connectivity index is 1.64. The lowest BCUT2D eigenvalue weighted by Gasteiger charge is -2.39. The molecule has 6 atom stereocenters. The predicted octanol–water partition coefficient (Wildman–Crippen LogP) is 4.71. The minimum atomic E-state index is -1.17. The topological polar surface area (TPSA) is 90.4 Å². The Kier molecular flexibility index (Phi) is 8.82. The number of likely N-dealkylation sites (tertiary alicyclic amines) is 1. The fourth-order valence-corrected chi connectivity index (χ4v) is 7.98. The van der Waals surface area contributed by atoms with E-state index in [0.717, 1.165) is 17.2 Å². The van der Waals surface area contributed by atoms with E-state index in [1.807, 2.05) is 63.2 Å². The maximum atomic E-state index is 14.9. The molecule has 3 heterocycles. The maximum Gasteiger partial charge on any atom is 0.253 e. The molecule has 1 N–H and O–H groups in total. The number of hydrogen-bond acceptors (Lipinski definition) is 5. The van der Waals surface area contributed by atoms with Gasteiger partial charge in [-0.15, -0.1) is 13.2 Å². The van der Waals surface area contributed by atoms with Gasteiger partial charge in [-0.2, -0.15) is 0 Å². The van der Waals surface area contributed by atoms with E-state index in [4.69, 9.17) is 4.74 Å². The third-order valence-corrected chi connectivity index (χ3v) is 9.97. The van der Waals surface area contributed by atoms with Gasteiger partial charge in [-0.25, -0.2) is 0 Å². The minimum absolute atomic E-state index is 0.119. The zero-order valence-electron chi connectivity index (χ0n) is 25.7. The Morgan fingerprint density at radius 3 is 2.42 bits per heavy atom. The van der Waals surface area contributed by atoms with Crippen molar-refractivity contribution in [3.63, 3.8) is 0 Å². The molecule has 3 saturated heterocycles. The third-order valence-electron chi connectivity index (χ3n) is 9.97. The summed E-state index contributed by atoms with van der Waals surface area (Å²) in [6, 6.07) is 12.3. The van der Waals surface area contributed by atoms with E-state index >= 15 is 0 Å². The fourth-order valence-electron chi connectivity index (χ4n) is 7.98. The molecular formula is C35H45N3O5. The van der Waals surface area contributed by atoms with Gasteiger partial charge >= 0.3 is 0 Å². The number of fused-ring (bicyclic) bond motifs is 2. The second-order valence-electron chi connectivity index (χ2n) is 12.2. The highest BCUT2D eigenvalue weighted by Crippen LogP contribution is 2.65. The van der Waals surface area contributed by atoms with Gasteiger partial charge in [0.15, 0.2) is 0 Å². The van der Waals surface area contributed by atoms with Crippen LogP contribution in [0.1, 0.15) is 52.9 Å². The van der Waals surface area contributed by atoms with Gasteiger partial charge in [-0.1, -0.05) is 63.3 Å². The number of ether oxygens (including phenoxy) is 1. The Bertz CT molecular complexity index is 1400. The Morgan fingerprint density at radius 1 is 1.07 bits per heavy atom. The first-order chi connectivity index (χ1) is 20.8. The number of amides is 3. The molecule has 0 aromatic heterocycles. The van der Waals surface area contributed by atoms with Crippen molar-refractivity contribution in [3.8, 4) is 0 Å². The molecule has 43 heavy (non-hydrogen) atoms. The van der Waals surface area contributed by atoms with Gasteiger partial charge < -0.3 is 24.5 Å². The highest BCUT2D eigenvalue weighted by Gasteiger charge is 2.79. The summed E-state index contributed by atoms with van der Waals surface area (Å²) in [4.78, 5) is 48.8. The number of aliphatic hydroxyl groups excluding tert-OH is 1. The number of anilines is 1. The van der Waals surface area contributed by atoms with Crippen molar-refractivity contribution in [3.05, 3.63) is 67.8 Å². The van der Waals surface area contributed by atoms with Crippen molar-refractivity contribution >= 4 is 34.2 Å². The normalized spacial score (nSPS) is 28.1. The highest BCUT2D eigenvalue weighted by atomic mass is 16.5. The van der Waals surface area contributed by atoms with Crippen LogP contribution in [0.5, 0.6) is 0 Å². The van der Waals surface area contributed by atoms with E-state index in [2.05, 4.69) is 13.2 Å². The smallest absolute Gasteiger partial charge is 0.253 e. The summed E-state index contributed by atoms with van der Waals surface area (Å²) in [5, 5.41) is 12.5. The van der Waals surface area contributed by atoms with Gasteiger partial charge in [0.2, 0.25) is 11.8 Å². The molecule has 3 aliphatic heterocycles. The van der Waals surface area contributed by atoms with Crippen LogP contribution < -0.4 is 4.90 Å². The molecular weight excluding hydrogens is 542 g/mol. The van der Waals surface area contributed by atoms with Gasteiger partial charge in [0.05, 0.1) is 30.1 Å². The summed E-state index contributed by atoms with van der Waals surface area (Å²) in [6.45, 7) is 14.6. The summed E-state index contributed by atoms with van der Waals surface area (Å²) in [5.74, 6) is -2.20. The molecule has 2 unspecified atom stereocenters. The quantitative estimate of drug-likeness (QED) is 0.343. The van der Waals surface area contributed by atoms with Crippen molar-refractivity contribution in [1.82, 2.24) is 9.80 Å². The number of carbonyl (C=O) groups is 3. The maximum absolute atomic E-state index is 14.9.